The number of halogens is 3. The van der Waals surface area contributed by atoms with Gasteiger partial charge < -0.3 is 14.2 Å². The number of amides is 1. The van der Waals surface area contributed by atoms with Crippen LogP contribution < -0.4 is 14.2 Å². The summed E-state index contributed by atoms with van der Waals surface area (Å²) in [5.41, 5.74) is 0.892. The third-order valence-electron chi connectivity index (χ3n) is 6.20. The molecule has 0 fully saturated rings. The maximum Gasteiger partial charge on any atom is 0.275 e. The number of ether oxygens (including phenoxy) is 3. The van der Waals surface area contributed by atoms with Crippen molar-refractivity contribution in [1.82, 2.24) is 9.99 Å². The Morgan fingerprint density at radius 2 is 1.69 bits per heavy atom. The number of aromatic nitrogens is 1. The van der Waals surface area contributed by atoms with Gasteiger partial charge in [0.05, 0.1) is 14.2 Å². The average Bonchev–Trinajstić information content (AvgIpc) is 3.46. The minimum atomic E-state index is -1.28. The highest BCUT2D eigenvalue weighted by Crippen LogP contribution is 2.47. The van der Waals surface area contributed by atoms with E-state index in [0.717, 1.165) is 36.0 Å². The van der Waals surface area contributed by atoms with Gasteiger partial charge in [-0.05, 0) is 54.6 Å². The fourth-order valence-electron chi connectivity index (χ4n) is 4.14. The van der Waals surface area contributed by atoms with Gasteiger partial charge in [-0.25, -0.2) is 13.8 Å². The predicted molar refractivity (Wildman–Crippen MR) is 149 cm³/mol. The lowest BCUT2D eigenvalue weighted by molar-refractivity contribution is 0.0744. The Balaban J connectivity index is 1.55. The first kappa shape index (κ1) is 28.7. The number of benzene rings is 3. The molecule has 2 heterocycles. The second-order valence-electron chi connectivity index (χ2n) is 8.81. The van der Waals surface area contributed by atoms with Crippen molar-refractivity contribution < 1.29 is 37.0 Å². The summed E-state index contributed by atoms with van der Waals surface area (Å²) in [5, 5.41) is 5.00. The molecule has 214 valence electrons. The molecule has 0 spiro atoms. The molecule has 0 saturated carbocycles. The lowest BCUT2D eigenvalue weighted by atomic mass is 10.1. The third kappa shape index (κ3) is 5.79. The molecule has 5 rings (SSSR count). The summed E-state index contributed by atoms with van der Waals surface area (Å²) < 4.78 is 58.5. The second kappa shape index (κ2) is 12.4. The van der Waals surface area contributed by atoms with Crippen molar-refractivity contribution in [1.29, 1.82) is 0 Å². The van der Waals surface area contributed by atoms with Crippen LogP contribution in [0.15, 0.2) is 84.1 Å². The lowest BCUT2D eigenvalue weighted by Gasteiger charge is -2.24. The Hall–Kier alpha value is -4.84. The van der Waals surface area contributed by atoms with Crippen LogP contribution in [-0.2, 0) is 0 Å². The van der Waals surface area contributed by atoms with Crippen LogP contribution in [0.4, 0.5) is 13.2 Å². The van der Waals surface area contributed by atoms with E-state index in [1.807, 2.05) is 0 Å². The summed E-state index contributed by atoms with van der Waals surface area (Å²) in [6, 6.07) is 17.2. The van der Waals surface area contributed by atoms with Gasteiger partial charge in [0.15, 0.2) is 29.7 Å². The number of carbonyl (C=O) groups is 2. The zero-order valence-corrected chi connectivity index (χ0v) is 23.0. The maximum atomic E-state index is 14.4. The van der Waals surface area contributed by atoms with E-state index in [1.165, 1.54) is 37.6 Å². The van der Waals surface area contributed by atoms with E-state index in [1.54, 1.807) is 36.4 Å². The molecule has 4 aromatic rings. The Morgan fingerprint density at radius 3 is 2.38 bits per heavy atom. The number of carbonyl (C=O) groups excluding carboxylic acids is 2. The van der Waals surface area contributed by atoms with Crippen molar-refractivity contribution in [2.75, 3.05) is 20.8 Å². The van der Waals surface area contributed by atoms with Gasteiger partial charge in [-0.1, -0.05) is 30.0 Å². The van der Waals surface area contributed by atoms with Crippen LogP contribution in [0.1, 0.15) is 37.3 Å². The lowest BCUT2D eigenvalue weighted by Crippen LogP contribution is -2.27. The van der Waals surface area contributed by atoms with Gasteiger partial charge in [0.25, 0.3) is 5.91 Å². The Kier molecular flexibility index (Phi) is 8.43. The molecule has 3 aromatic carbocycles. The van der Waals surface area contributed by atoms with E-state index < -0.39 is 40.3 Å². The van der Waals surface area contributed by atoms with E-state index in [-0.39, 0.29) is 29.4 Å². The zero-order valence-electron chi connectivity index (χ0n) is 22.2. The van der Waals surface area contributed by atoms with Crippen molar-refractivity contribution in [2.24, 2.45) is 5.10 Å². The van der Waals surface area contributed by atoms with Gasteiger partial charge in [-0.2, -0.15) is 9.49 Å². The van der Waals surface area contributed by atoms with E-state index in [2.05, 4.69) is 10.1 Å². The van der Waals surface area contributed by atoms with Crippen LogP contribution >= 0.6 is 11.8 Å². The first-order chi connectivity index (χ1) is 20.3. The van der Waals surface area contributed by atoms with Crippen molar-refractivity contribution in [3.63, 3.8) is 0 Å². The highest BCUT2D eigenvalue weighted by atomic mass is 32.2. The van der Waals surface area contributed by atoms with Gasteiger partial charge >= 0.3 is 0 Å². The topological polar surface area (TPSA) is 90.3 Å². The number of methoxy groups -OCH3 is 2. The summed E-state index contributed by atoms with van der Waals surface area (Å²) in [6.07, 6.45) is 1.49. The van der Waals surface area contributed by atoms with E-state index in [9.17, 15) is 22.8 Å². The largest absolute Gasteiger partial charge is 0.494 e. The molecule has 0 aliphatic carbocycles. The number of Topliss-reactive ketones (excluding diaryl/α,β-unsaturated/α-hetero) is 1. The van der Waals surface area contributed by atoms with Gasteiger partial charge in [0, 0.05) is 22.9 Å². The number of hydrogen-bond acceptors (Lipinski definition) is 8. The third-order valence-corrected chi connectivity index (χ3v) is 7.42. The van der Waals surface area contributed by atoms with Crippen LogP contribution in [0.5, 0.6) is 17.2 Å². The molecule has 1 amide bonds. The average molecular weight is 594 g/mol. The molecule has 1 atom stereocenters. The van der Waals surface area contributed by atoms with Crippen LogP contribution in [0.25, 0.3) is 0 Å². The Bertz CT molecular complexity index is 1670. The van der Waals surface area contributed by atoms with Crippen LogP contribution in [0.3, 0.4) is 0 Å². The predicted octanol–water partition coefficient (Wildman–Crippen LogP) is 6.03. The molecule has 1 aromatic heterocycles. The fraction of sp³-hybridized carbons (Fsp3) is 0.133. The van der Waals surface area contributed by atoms with Crippen molar-refractivity contribution in [2.45, 2.75) is 5.37 Å². The highest BCUT2D eigenvalue weighted by molar-refractivity contribution is 8.14. The molecule has 1 aliphatic rings. The molecule has 0 radical (unpaired) electrons. The maximum absolute atomic E-state index is 14.4. The van der Waals surface area contributed by atoms with Gasteiger partial charge in [-0.3, -0.25) is 14.6 Å². The Labute approximate surface area is 242 Å². The van der Waals surface area contributed by atoms with Crippen molar-refractivity contribution >= 4 is 28.5 Å². The molecule has 1 aliphatic heterocycles. The number of ketones is 1. The van der Waals surface area contributed by atoms with Crippen LogP contribution in [-0.4, -0.2) is 47.6 Å². The summed E-state index contributed by atoms with van der Waals surface area (Å²) in [7, 11) is 2.57. The van der Waals surface area contributed by atoms with Crippen molar-refractivity contribution in [3.8, 4) is 17.2 Å². The zero-order chi connectivity index (χ0) is 29.8. The van der Waals surface area contributed by atoms with Crippen molar-refractivity contribution in [3.05, 3.63) is 119 Å². The summed E-state index contributed by atoms with van der Waals surface area (Å²) in [4.78, 5) is 30.6. The van der Waals surface area contributed by atoms with E-state index in [4.69, 9.17) is 14.2 Å². The molecular weight excluding hydrogens is 571 g/mol. The number of hydrazone groups is 1. The van der Waals surface area contributed by atoms with Gasteiger partial charge in [0.1, 0.15) is 21.9 Å². The SMILES string of the molecule is COc1cc(C(=O)N2N=C(c3ccc(F)cc3)SC2c2cccc(OC)c2OCC(=O)c2ccccn2)cc(F)c1F. The fourth-order valence-corrected chi connectivity index (χ4v) is 5.32. The normalized spacial score (nSPS) is 14.4. The number of thioether (sulfide) groups is 1. The summed E-state index contributed by atoms with van der Waals surface area (Å²) in [5.74, 6) is -4.15. The number of nitrogens with zero attached hydrogens (tertiary/aromatic N) is 3. The number of rotatable bonds is 9. The molecule has 8 nitrogen and oxygen atoms in total. The molecule has 1 unspecified atom stereocenters. The Morgan fingerprint density at radius 1 is 0.929 bits per heavy atom. The molecule has 12 heteroatoms. The smallest absolute Gasteiger partial charge is 0.275 e. The molecular formula is C30H22F3N3O5S. The molecule has 0 saturated heterocycles. The first-order valence-corrected chi connectivity index (χ1v) is 13.3. The van der Waals surface area contributed by atoms with Gasteiger partial charge in [0.2, 0.25) is 11.6 Å². The van der Waals surface area contributed by atoms with Crippen LogP contribution in [0.2, 0.25) is 0 Å². The summed E-state index contributed by atoms with van der Waals surface area (Å²) in [6.45, 7) is -0.387. The number of hydrogen-bond donors (Lipinski definition) is 0. The molecule has 42 heavy (non-hydrogen) atoms. The number of pyridine rings is 1. The standard InChI is InChI=1S/C30H22F3N3O5S/c1-39-24-8-5-6-20(27(24)41-16-23(37)22-7-3-4-13-34-22)30-36(35-28(42-30)17-9-11-19(31)12-10-17)29(38)18-14-21(32)26(33)25(15-18)40-2/h3-15,30H,16H2,1-2H3. The minimum Gasteiger partial charge on any atom is -0.494 e. The second-order valence-corrected chi connectivity index (χ2v) is 9.88. The minimum absolute atomic E-state index is 0.165. The highest BCUT2D eigenvalue weighted by Gasteiger charge is 2.38. The molecule has 0 bridgehead atoms. The van der Waals surface area contributed by atoms with Crippen LogP contribution in [0, 0.1) is 17.5 Å². The first-order valence-electron chi connectivity index (χ1n) is 12.4. The summed E-state index contributed by atoms with van der Waals surface area (Å²) >= 11 is 1.14. The monoisotopic (exact) mass is 593 g/mol. The molecule has 0 N–H and O–H groups in total. The number of para-hydroxylation sites is 1. The van der Waals surface area contributed by atoms with E-state index >= 15 is 0 Å². The van der Waals surface area contributed by atoms with E-state index in [0.29, 0.717) is 16.2 Å². The quantitative estimate of drug-likeness (QED) is 0.219. The van der Waals surface area contributed by atoms with Gasteiger partial charge in [-0.15, -0.1) is 0 Å².